The van der Waals surface area contributed by atoms with Crippen molar-refractivity contribution in [3.8, 4) is 84.4 Å². The van der Waals surface area contributed by atoms with Gasteiger partial charge in [-0.2, -0.15) is 0 Å². The second kappa shape index (κ2) is 17.3. The summed E-state index contributed by atoms with van der Waals surface area (Å²) in [5, 5.41) is 6.68. The van der Waals surface area contributed by atoms with Gasteiger partial charge in [-0.1, -0.05) is 176 Å². The van der Waals surface area contributed by atoms with Crippen LogP contribution in [-0.4, -0.2) is 19.5 Å². The second-order valence-electron chi connectivity index (χ2n) is 19.2. The van der Waals surface area contributed by atoms with Gasteiger partial charge in [0.15, 0.2) is 17.5 Å². The topological polar surface area (TPSA) is 69.9 Å². The average Bonchev–Trinajstić information content (AvgIpc) is 4.16. The summed E-state index contributed by atoms with van der Waals surface area (Å²) >= 11 is 0. The average molecular weight is 959 g/mol. The Morgan fingerprint density at radius 2 is 0.640 bits per heavy atom. The lowest BCUT2D eigenvalue weighted by Gasteiger charge is -2.09. The largest absolute Gasteiger partial charge is 0.456 e. The number of hydrogen-bond acceptors (Lipinski definition) is 5. The van der Waals surface area contributed by atoms with Gasteiger partial charge in [0.2, 0.25) is 0 Å². The molecular weight excluding hydrogens is 917 g/mol. The molecule has 6 nitrogen and oxygen atoms in total. The SMILES string of the molecule is c1ccc(-c2ccc(-c3nc(-c4ccccc4)nc(-c4ccc5c(c4)oc4ccc(-c6cccc(-c7ccc8oc9cc(-n%10c%11ccccc%11c%11cc(-c%12ccccc%12)ccc%11%10)ccc9c8c7)c6)cc45)n3)cc2)cc1. The summed E-state index contributed by atoms with van der Waals surface area (Å²) in [5.74, 6) is 1.80. The zero-order valence-corrected chi connectivity index (χ0v) is 40.4. The van der Waals surface area contributed by atoms with Crippen molar-refractivity contribution in [1.29, 1.82) is 0 Å². The van der Waals surface area contributed by atoms with E-state index in [9.17, 15) is 0 Å². The Morgan fingerprint density at radius 3 is 1.29 bits per heavy atom. The smallest absolute Gasteiger partial charge is 0.164 e. The van der Waals surface area contributed by atoms with Crippen LogP contribution in [0.3, 0.4) is 0 Å². The van der Waals surface area contributed by atoms with Gasteiger partial charge in [0, 0.05) is 60.8 Å². The third-order valence-corrected chi connectivity index (χ3v) is 14.7. The Balaban J connectivity index is 0.745. The quantitative estimate of drug-likeness (QED) is 0.152. The summed E-state index contributed by atoms with van der Waals surface area (Å²) in [4.78, 5) is 15.0. The fraction of sp³-hybridized carbons (Fsp3) is 0. The molecule has 0 aliphatic rings. The van der Waals surface area contributed by atoms with Crippen molar-refractivity contribution in [3.05, 3.63) is 255 Å². The molecule has 11 aromatic carbocycles. The van der Waals surface area contributed by atoms with E-state index in [1.807, 2.05) is 42.5 Å². The minimum Gasteiger partial charge on any atom is -0.456 e. The number of fused-ring (bicyclic) bond motifs is 9. The van der Waals surface area contributed by atoms with E-state index < -0.39 is 0 Å². The van der Waals surface area contributed by atoms with Gasteiger partial charge in [-0.15, -0.1) is 0 Å². The maximum absolute atomic E-state index is 6.61. The van der Waals surface area contributed by atoms with E-state index >= 15 is 0 Å². The normalized spacial score (nSPS) is 11.7. The first kappa shape index (κ1) is 42.5. The van der Waals surface area contributed by atoms with Crippen LogP contribution in [-0.2, 0) is 0 Å². The summed E-state index contributed by atoms with van der Waals surface area (Å²) in [7, 11) is 0. The highest BCUT2D eigenvalue weighted by atomic mass is 16.3. The van der Waals surface area contributed by atoms with Crippen molar-refractivity contribution < 1.29 is 8.83 Å². The fourth-order valence-corrected chi connectivity index (χ4v) is 10.9. The molecule has 350 valence electrons. The molecule has 0 spiro atoms. The predicted octanol–water partition coefficient (Wildman–Crippen LogP) is 18.4. The lowest BCUT2D eigenvalue weighted by atomic mass is 9.97. The van der Waals surface area contributed by atoms with Gasteiger partial charge >= 0.3 is 0 Å². The third-order valence-electron chi connectivity index (χ3n) is 14.7. The van der Waals surface area contributed by atoms with Crippen LogP contribution >= 0.6 is 0 Å². The van der Waals surface area contributed by atoms with Crippen LogP contribution in [0.2, 0.25) is 0 Å². The van der Waals surface area contributed by atoms with Crippen LogP contribution in [0, 0.1) is 0 Å². The van der Waals surface area contributed by atoms with E-state index in [4.69, 9.17) is 23.8 Å². The van der Waals surface area contributed by atoms with Gasteiger partial charge < -0.3 is 13.4 Å². The number of benzene rings is 11. The predicted molar refractivity (Wildman–Crippen MR) is 307 cm³/mol. The molecule has 0 saturated carbocycles. The molecular formula is C69H42N4O2. The molecule has 15 aromatic rings. The van der Waals surface area contributed by atoms with Crippen molar-refractivity contribution in [3.63, 3.8) is 0 Å². The Kier molecular flexibility index (Phi) is 9.78. The molecule has 4 aromatic heterocycles. The first-order valence-corrected chi connectivity index (χ1v) is 25.2. The standard InChI is InChI=1S/C69H42N4O2/c1-4-13-43(14-5-1)45-23-25-47(26-24-45)68-70-67(46-17-8-3-9-18-46)71-69(72-68)53-27-32-56-59-39-51(29-35-63(59)74-65(56)41-53)48-19-12-20-49(37-48)52-30-36-64-60(40-52)57-33-31-54(42-66(57)75-64)73-61-22-11-10-21-55(61)58-38-50(28-34-62(58)73)44-15-6-2-7-16-44/h1-42H. The van der Waals surface area contributed by atoms with Gasteiger partial charge in [-0.3, -0.25) is 0 Å². The summed E-state index contributed by atoms with van der Waals surface area (Å²) in [6.45, 7) is 0. The van der Waals surface area contributed by atoms with Crippen LogP contribution < -0.4 is 0 Å². The summed E-state index contributed by atoms with van der Waals surface area (Å²) in [5.41, 5.74) is 18.5. The molecule has 0 N–H and O–H groups in total. The molecule has 4 heterocycles. The van der Waals surface area contributed by atoms with Crippen molar-refractivity contribution in [2.24, 2.45) is 0 Å². The summed E-state index contributed by atoms with van der Waals surface area (Å²) in [6.07, 6.45) is 0. The number of furan rings is 2. The van der Waals surface area contributed by atoms with Crippen LogP contribution in [0.1, 0.15) is 0 Å². The van der Waals surface area contributed by atoms with Crippen LogP contribution in [0.4, 0.5) is 0 Å². The fourth-order valence-electron chi connectivity index (χ4n) is 10.9. The number of para-hydroxylation sites is 1. The van der Waals surface area contributed by atoms with Gasteiger partial charge in [0.1, 0.15) is 22.3 Å². The molecule has 6 heteroatoms. The third kappa shape index (κ3) is 7.38. The molecule has 0 atom stereocenters. The van der Waals surface area contributed by atoms with E-state index in [2.05, 4.69) is 217 Å². The van der Waals surface area contributed by atoms with E-state index in [-0.39, 0.29) is 0 Å². The van der Waals surface area contributed by atoms with Gasteiger partial charge in [0.25, 0.3) is 0 Å². The van der Waals surface area contributed by atoms with Crippen LogP contribution in [0.15, 0.2) is 264 Å². The molecule has 75 heavy (non-hydrogen) atoms. The zero-order chi connectivity index (χ0) is 49.4. The minimum atomic E-state index is 0.578. The number of hydrogen-bond donors (Lipinski definition) is 0. The highest BCUT2D eigenvalue weighted by molar-refractivity contribution is 6.12. The van der Waals surface area contributed by atoms with Crippen molar-refractivity contribution >= 4 is 65.7 Å². The van der Waals surface area contributed by atoms with E-state index in [0.29, 0.717) is 17.5 Å². The van der Waals surface area contributed by atoms with Crippen molar-refractivity contribution in [2.45, 2.75) is 0 Å². The first-order valence-electron chi connectivity index (χ1n) is 25.2. The first-order chi connectivity index (χ1) is 37.1. The molecule has 0 saturated heterocycles. The maximum atomic E-state index is 6.61. The molecule has 0 unspecified atom stereocenters. The molecule has 0 aliphatic heterocycles. The monoisotopic (exact) mass is 958 g/mol. The summed E-state index contributed by atoms with van der Waals surface area (Å²) < 4.78 is 15.5. The zero-order valence-electron chi connectivity index (χ0n) is 40.4. The minimum absolute atomic E-state index is 0.578. The molecule has 15 rings (SSSR count). The summed E-state index contributed by atoms with van der Waals surface area (Å²) in [6, 6.07) is 89.4. The highest BCUT2D eigenvalue weighted by Crippen LogP contribution is 2.40. The second-order valence-corrected chi connectivity index (χ2v) is 19.2. The lowest BCUT2D eigenvalue weighted by Crippen LogP contribution is -2.00. The van der Waals surface area contributed by atoms with Gasteiger partial charge in [-0.05, 0) is 117 Å². The van der Waals surface area contributed by atoms with Crippen LogP contribution in [0.5, 0.6) is 0 Å². The Hall–Kier alpha value is -10.2. The maximum Gasteiger partial charge on any atom is 0.164 e. The lowest BCUT2D eigenvalue weighted by molar-refractivity contribution is 0.668. The molecule has 0 radical (unpaired) electrons. The van der Waals surface area contributed by atoms with Crippen molar-refractivity contribution in [1.82, 2.24) is 19.5 Å². The molecule has 0 bridgehead atoms. The van der Waals surface area contributed by atoms with E-state index in [0.717, 1.165) is 111 Å². The Labute approximate surface area is 431 Å². The van der Waals surface area contributed by atoms with Crippen molar-refractivity contribution in [2.75, 3.05) is 0 Å². The molecule has 0 fully saturated rings. The number of nitrogens with zero attached hydrogens (tertiary/aromatic N) is 4. The highest BCUT2D eigenvalue weighted by Gasteiger charge is 2.18. The Morgan fingerprint density at radius 1 is 0.227 bits per heavy atom. The number of rotatable bonds is 8. The Bertz CT molecular complexity index is 4690. The van der Waals surface area contributed by atoms with Gasteiger partial charge in [-0.25, -0.2) is 15.0 Å². The van der Waals surface area contributed by atoms with E-state index in [1.54, 1.807) is 0 Å². The molecule has 0 aliphatic carbocycles. The van der Waals surface area contributed by atoms with Gasteiger partial charge in [0.05, 0.1) is 11.0 Å². The van der Waals surface area contributed by atoms with Crippen LogP contribution in [0.25, 0.3) is 150 Å². The van der Waals surface area contributed by atoms with E-state index in [1.165, 1.54) is 21.9 Å². The molecule has 0 amide bonds. The number of aromatic nitrogens is 4.